The number of benzene rings is 2. The number of rotatable bonds is 3. The predicted molar refractivity (Wildman–Crippen MR) is 74.5 cm³/mol. The Balaban J connectivity index is 2.11. The van der Waals surface area contributed by atoms with Gasteiger partial charge in [-0.15, -0.1) is 0 Å². The summed E-state index contributed by atoms with van der Waals surface area (Å²) in [6, 6.07) is 9.31. The van der Waals surface area contributed by atoms with Gasteiger partial charge in [-0.05, 0) is 51.8 Å². The van der Waals surface area contributed by atoms with Crippen LogP contribution in [-0.2, 0) is 6.54 Å². The maximum atomic E-state index is 13.1. The minimum absolute atomic E-state index is 0.0815. The van der Waals surface area contributed by atoms with Gasteiger partial charge in [-0.3, -0.25) is 0 Å². The monoisotopic (exact) mass is 329 g/mol. The van der Waals surface area contributed by atoms with Crippen LogP contribution in [0, 0.1) is 5.82 Å². The van der Waals surface area contributed by atoms with Crippen molar-refractivity contribution in [2.75, 3.05) is 5.32 Å². The van der Waals surface area contributed by atoms with Crippen LogP contribution in [0.5, 0.6) is 5.75 Å². The van der Waals surface area contributed by atoms with Gasteiger partial charge in [0.25, 0.3) is 0 Å². The molecule has 0 heterocycles. The molecular formula is C13H10BrClFNO. The highest BCUT2D eigenvalue weighted by Gasteiger charge is 2.03. The predicted octanol–water partition coefficient (Wildman–Crippen LogP) is 4.56. The molecule has 0 fully saturated rings. The number of hydrogen-bond acceptors (Lipinski definition) is 2. The molecule has 18 heavy (non-hydrogen) atoms. The van der Waals surface area contributed by atoms with E-state index in [0.29, 0.717) is 17.1 Å². The van der Waals surface area contributed by atoms with Gasteiger partial charge in [0.15, 0.2) is 0 Å². The minimum atomic E-state index is -0.457. The Morgan fingerprint density at radius 2 is 2.00 bits per heavy atom. The molecule has 0 amide bonds. The van der Waals surface area contributed by atoms with Gasteiger partial charge in [0, 0.05) is 27.8 Å². The summed E-state index contributed by atoms with van der Waals surface area (Å²) in [6.07, 6.45) is 0. The van der Waals surface area contributed by atoms with Crippen LogP contribution in [-0.4, -0.2) is 5.11 Å². The molecule has 94 valence electrons. The Kier molecular flexibility index (Phi) is 4.09. The van der Waals surface area contributed by atoms with Crippen molar-refractivity contribution in [1.82, 2.24) is 0 Å². The molecule has 0 unspecified atom stereocenters. The molecule has 0 aromatic heterocycles. The molecular weight excluding hydrogens is 321 g/mol. The molecule has 0 aliphatic rings. The van der Waals surface area contributed by atoms with Crippen LogP contribution in [0.3, 0.4) is 0 Å². The minimum Gasteiger partial charge on any atom is -0.508 e. The van der Waals surface area contributed by atoms with Crippen LogP contribution in [0.25, 0.3) is 0 Å². The van der Waals surface area contributed by atoms with Gasteiger partial charge in [0.2, 0.25) is 0 Å². The number of nitrogens with one attached hydrogen (secondary N) is 1. The van der Waals surface area contributed by atoms with Gasteiger partial charge in [-0.2, -0.15) is 0 Å². The molecule has 0 saturated carbocycles. The normalized spacial score (nSPS) is 10.4. The first-order chi connectivity index (χ1) is 8.54. The number of hydrogen-bond donors (Lipinski definition) is 2. The molecule has 0 aliphatic heterocycles. The van der Waals surface area contributed by atoms with Crippen LogP contribution in [0.4, 0.5) is 10.1 Å². The van der Waals surface area contributed by atoms with Gasteiger partial charge < -0.3 is 10.4 Å². The van der Waals surface area contributed by atoms with Crippen LogP contribution >= 0.6 is 27.5 Å². The molecule has 2 aromatic rings. The first-order valence-corrected chi connectivity index (χ1v) is 6.39. The third-order valence-corrected chi connectivity index (χ3v) is 3.25. The molecule has 5 heteroatoms. The van der Waals surface area contributed by atoms with Gasteiger partial charge in [0.1, 0.15) is 11.6 Å². The zero-order valence-corrected chi connectivity index (χ0v) is 11.6. The second-order valence-corrected chi connectivity index (χ2v) is 5.09. The van der Waals surface area contributed by atoms with Crippen molar-refractivity contribution >= 4 is 33.2 Å². The summed E-state index contributed by atoms with van der Waals surface area (Å²) in [5.41, 5.74) is 1.51. The summed E-state index contributed by atoms with van der Waals surface area (Å²) in [5, 5.41) is 13.1. The fraction of sp³-hybridized carbons (Fsp3) is 0.0769. The maximum absolute atomic E-state index is 13.1. The highest BCUT2D eigenvalue weighted by atomic mass is 79.9. The zero-order valence-electron chi connectivity index (χ0n) is 9.25. The van der Waals surface area contributed by atoms with Crippen LogP contribution < -0.4 is 5.32 Å². The Morgan fingerprint density at radius 3 is 2.67 bits per heavy atom. The van der Waals surface area contributed by atoms with E-state index in [4.69, 9.17) is 11.6 Å². The van der Waals surface area contributed by atoms with Gasteiger partial charge in [-0.1, -0.05) is 11.6 Å². The molecule has 0 spiro atoms. The van der Waals surface area contributed by atoms with Gasteiger partial charge in [-0.25, -0.2) is 4.39 Å². The molecule has 0 atom stereocenters. The fourth-order valence-corrected chi connectivity index (χ4v) is 2.39. The maximum Gasteiger partial charge on any atom is 0.127 e. The lowest BCUT2D eigenvalue weighted by molar-refractivity contribution is 0.468. The third kappa shape index (κ3) is 3.37. The number of phenolic OH excluding ortho intramolecular Hbond substituents is 1. The lowest BCUT2D eigenvalue weighted by Gasteiger charge is -2.09. The second-order valence-electron chi connectivity index (χ2n) is 3.80. The van der Waals surface area contributed by atoms with E-state index in [1.54, 1.807) is 12.1 Å². The fourth-order valence-electron chi connectivity index (χ4n) is 1.57. The Labute approximate surface area is 118 Å². The summed E-state index contributed by atoms with van der Waals surface area (Å²) in [5.74, 6) is -0.538. The number of anilines is 1. The van der Waals surface area contributed by atoms with Crippen molar-refractivity contribution in [1.29, 1.82) is 0 Å². The molecule has 0 saturated heterocycles. The molecule has 2 nitrogen and oxygen atoms in total. The van der Waals surface area contributed by atoms with E-state index in [-0.39, 0.29) is 5.75 Å². The highest BCUT2D eigenvalue weighted by molar-refractivity contribution is 9.10. The van der Waals surface area contributed by atoms with E-state index in [1.807, 2.05) is 6.07 Å². The van der Waals surface area contributed by atoms with E-state index in [1.165, 1.54) is 12.1 Å². The average molecular weight is 331 g/mol. The molecule has 0 radical (unpaired) electrons. The molecule has 0 bridgehead atoms. The van der Waals surface area contributed by atoms with Crippen molar-refractivity contribution in [2.24, 2.45) is 0 Å². The van der Waals surface area contributed by atoms with E-state index >= 15 is 0 Å². The van der Waals surface area contributed by atoms with Crippen molar-refractivity contribution in [2.45, 2.75) is 6.54 Å². The van der Waals surface area contributed by atoms with Crippen molar-refractivity contribution in [3.63, 3.8) is 0 Å². The van der Waals surface area contributed by atoms with E-state index in [0.717, 1.165) is 16.2 Å². The molecule has 0 aliphatic carbocycles. The summed E-state index contributed by atoms with van der Waals surface area (Å²) in [7, 11) is 0. The largest absolute Gasteiger partial charge is 0.508 e. The lowest BCUT2D eigenvalue weighted by atomic mass is 10.2. The number of halogens is 3. The molecule has 2 aromatic carbocycles. The van der Waals surface area contributed by atoms with Crippen molar-refractivity contribution in [3.05, 3.63) is 57.3 Å². The Hall–Kier alpha value is -1.26. The van der Waals surface area contributed by atoms with E-state index < -0.39 is 5.82 Å². The summed E-state index contributed by atoms with van der Waals surface area (Å²) >= 11 is 9.21. The van der Waals surface area contributed by atoms with E-state index in [9.17, 15) is 9.50 Å². The first kappa shape index (κ1) is 13.2. The lowest BCUT2D eigenvalue weighted by Crippen LogP contribution is -2.00. The summed E-state index contributed by atoms with van der Waals surface area (Å²) in [4.78, 5) is 0. The highest BCUT2D eigenvalue weighted by Crippen LogP contribution is 2.26. The molecule has 2 rings (SSSR count). The van der Waals surface area contributed by atoms with E-state index in [2.05, 4.69) is 21.2 Å². The topological polar surface area (TPSA) is 32.3 Å². The second kappa shape index (κ2) is 5.59. The quantitative estimate of drug-likeness (QED) is 0.864. The smallest absolute Gasteiger partial charge is 0.127 e. The van der Waals surface area contributed by atoms with Crippen LogP contribution in [0.2, 0.25) is 5.02 Å². The molecule has 2 N–H and O–H groups in total. The van der Waals surface area contributed by atoms with Crippen LogP contribution in [0.15, 0.2) is 40.9 Å². The first-order valence-electron chi connectivity index (χ1n) is 5.22. The SMILES string of the molecule is Oc1cc(F)cc(CNc2ccc(Cl)cc2Br)c1. The summed E-state index contributed by atoms with van der Waals surface area (Å²) < 4.78 is 13.9. The standard InChI is InChI=1S/C13H10BrClFNO/c14-12-5-9(15)1-2-13(12)17-7-8-3-10(16)6-11(18)4-8/h1-6,17-18H,7H2. The Morgan fingerprint density at radius 1 is 1.22 bits per heavy atom. The summed E-state index contributed by atoms with van der Waals surface area (Å²) in [6.45, 7) is 0.408. The Bertz CT molecular complexity index is 557. The van der Waals surface area contributed by atoms with Gasteiger partial charge >= 0.3 is 0 Å². The number of phenols is 1. The van der Waals surface area contributed by atoms with Crippen molar-refractivity contribution in [3.8, 4) is 5.75 Å². The third-order valence-electron chi connectivity index (χ3n) is 2.36. The zero-order chi connectivity index (χ0) is 13.1. The van der Waals surface area contributed by atoms with Crippen LogP contribution in [0.1, 0.15) is 5.56 Å². The average Bonchev–Trinajstić information content (AvgIpc) is 2.26. The number of aromatic hydroxyl groups is 1. The van der Waals surface area contributed by atoms with Crippen molar-refractivity contribution < 1.29 is 9.50 Å². The van der Waals surface area contributed by atoms with Gasteiger partial charge in [0.05, 0.1) is 0 Å².